The van der Waals surface area contributed by atoms with Gasteiger partial charge in [0.2, 0.25) is 0 Å². The van der Waals surface area contributed by atoms with Gasteiger partial charge in [0.1, 0.15) is 0 Å². The molecule has 4 nitrogen and oxygen atoms in total. The van der Waals surface area contributed by atoms with E-state index in [0.29, 0.717) is 0 Å². The van der Waals surface area contributed by atoms with Crippen molar-refractivity contribution in [2.24, 2.45) is 0 Å². The normalized spacial score (nSPS) is 9.57. The minimum Gasteiger partial charge on any atom is -0.478 e. The maximum absolute atomic E-state index is 11.0. The summed E-state index contributed by atoms with van der Waals surface area (Å²) in [7, 11) is 0. The van der Waals surface area contributed by atoms with Gasteiger partial charge >= 0.3 is 11.9 Å². The summed E-state index contributed by atoms with van der Waals surface area (Å²) in [6, 6.07) is 3.74. The minimum atomic E-state index is -1.11. The molecule has 0 heterocycles. The second-order valence-electron chi connectivity index (χ2n) is 2.36. The zero-order valence-corrected chi connectivity index (χ0v) is 9.00. The van der Waals surface area contributed by atoms with Gasteiger partial charge in [-0.2, -0.15) is 0 Å². The van der Waals surface area contributed by atoms with E-state index in [9.17, 15) is 9.59 Å². The van der Waals surface area contributed by atoms with Crippen molar-refractivity contribution in [2.75, 3.05) is 0 Å². The summed E-state index contributed by atoms with van der Waals surface area (Å²) in [6.07, 6.45) is 0. The van der Waals surface area contributed by atoms with Gasteiger partial charge in [0.05, 0.1) is 16.1 Å². The van der Waals surface area contributed by atoms with Gasteiger partial charge in [-0.05, 0) is 18.2 Å². The quantitative estimate of drug-likeness (QED) is 0.903. The van der Waals surface area contributed by atoms with Gasteiger partial charge in [-0.1, -0.05) is 11.6 Å². The van der Waals surface area contributed by atoms with Crippen LogP contribution >= 0.6 is 27.9 Å². The highest BCUT2D eigenvalue weighted by Gasteiger charge is 2.13. The number of halogens is 2. The zero-order valence-electron chi connectivity index (χ0n) is 6.66. The largest absolute Gasteiger partial charge is 0.478 e. The summed E-state index contributed by atoms with van der Waals surface area (Å²) < 4.78 is 4.26. The molecule has 74 valence electrons. The molecule has 0 saturated heterocycles. The molecule has 1 aromatic carbocycles. The van der Waals surface area contributed by atoms with Gasteiger partial charge in [0, 0.05) is 0 Å². The van der Waals surface area contributed by atoms with Crippen LogP contribution in [-0.4, -0.2) is 17.0 Å². The van der Waals surface area contributed by atoms with E-state index in [-0.39, 0.29) is 16.1 Å². The number of hydrogen-bond donors (Lipinski definition) is 1. The van der Waals surface area contributed by atoms with E-state index in [0.717, 1.165) is 0 Å². The summed E-state index contributed by atoms with van der Waals surface area (Å²) in [4.78, 5) is 21.5. The lowest BCUT2D eigenvalue weighted by molar-refractivity contribution is 0.0694. The maximum Gasteiger partial charge on any atom is 0.351 e. The predicted molar refractivity (Wildman–Crippen MR) is 52.8 cm³/mol. The molecule has 0 unspecified atom stereocenters. The number of aromatic carboxylic acids is 1. The van der Waals surface area contributed by atoms with Crippen LogP contribution in [0.4, 0.5) is 0 Å². The average Bonchev–Trinajstić information content (AvgIpc) is 2.16. The molecule has 0 bridgehead atoms. The van der Waals surface area contributed by atoms with Gasteiger partial charge in [0.25, 0.3) is 0 Å². The Hall–Kier alpha value is -1.07. The topological polar surface area (TPSA) is 63.6 Å². The number of rotatable bonds is 2. The molecule has 0 aliphatic heterocycles. The van der Waals surface area contributed by atoms with Crippen molar-refractivity contribution in [1.29, 1.82) is 0 Å². The molecular weight excluding hydrogens is 275 g/mol. The average molecular weight is 279 g/mol. The predicted octanol–water partition coefficient (Wildman–Crippen LogP) is 2.50. The lowest BCUT2D eigenvalue weighted by atomic mass is 10.1. The van der Waals surface area contributed by atoms with Crippen molar-refractivity contribution in [1.82, 2.24) is 0 Å². The van der Waals surface area contributed by atoms with Crippen LogP contribution in [0.15, 0.2) is 18.2 Å². The fraction of sp³-hybridized carbons (Fsp3) is 0. The lowest BCUT2D eigenvalue weighted by Gasteiger charge is -2.01. The van der Waals surface area contributed by atoms with Gasteiger partial charge in [-0.15, -0.1) is 0 Å². The third kappa shape index (κ3) is 2.24. The van der Waals surface area contributed by atoms with Crippen molar-refractivity contribution in [2.45, 2.75) is 0 Å². The number of carboxylic acid groups (broad SMARTS) is 1. The summed E-state index contributed by atoms with van der Waals surface area (Å²) >= 11 is 8.17. The fourth-order valence-corrected chi connectivity index (χ4v) is 1.29. The molecule has 0 fully saturated rings. The van der Waals surface area contributed by atoms with Crippen molar-refractivity contribution in [3.05, 3.63) is 34.3 Å². The van der Waals surface area contributed by atoms with Crippen LogP contribution in [0.3, 0.4) is 0 Å². The van der Waals surface area contributed by atoms with E-state index in [2.05, 4.69) is 20.1 Å². The monoisotopic (exact) mass is 278 g/mol. The highest BCUT2D eigenvalue weighted by Crippen LogP contribution is 2.19. The van der Waals surface area contributed by atoms with Crippen LogP contribution < -0.4 is 0 Å². The number of benzene rings is 1. The molecule has 0 aliphatic rings. The van der Waals surface area contributed by atoms with Crippen LogP contribution in [0.5, 0.6) is 0 Å². The number of hydrogen-bond acceptors (Lipinski definition) is 3. The maximum atomic E-state index is 11.0. The molecule has 0 radical (unpaired) electrons. The first-order valence-corrected chi connectivity index (χ1v) is 4.44. The summed E-state index contributed by atoms with van der Waals surface area (Å²) in [5.74, 6) is -1.78. The number of carbonyl (C=O) groups is 2. The summed E-state index contributed by atoms with van der Waals surface area (Å²) in [5.41, 5.74) is 0.120. The van der Waals surface area contributed by atoms with Crippen LogP contribution in [0.25, 0.3) is 0 Å². The molecule has 0 saturated carbocycles. The van der Waals surface area contributed by atoms with E-state index in [1.54, 1.807) is 0 Å². The Morgan fingerprint density at radius 3 is 2.50 bits per heavy atom. The van der Waals surface area contributed by atoms with E-state index in [4.69, 9.17) is 16.7 Å². The standard InChI is InChI=1S/C8H4BrClO4/c9-14-8(13)5-2-1-4(7(11)12)3-6(5)10/h1-3H,(H,11,12). The molecule has 6 heteroatoms. The van der Waals surface area contributed by atoms with Crippen LogP contribution in [-0.2, 0) is 3.83 Å². The Kier molecular flexibility index (Phi) is 3.49. The SMILES string of the molecule is O=C(O)c1ccc(C(=O)OBr)c(Cl)c1. The van der Waals surface area contributed by atoms with Gasteiger partial charge in [0.15, 0.2) is 16.3 Å². The van der Waals surface area contributed by atoms with Crippen molar-refractivity contribution >= 4 is 39.8 Å². The molecule has 0 aliphatic carbocycles. The lowest BCUT2D eigenvalue weighted by Crippen LogP contribution is -2.02. The Morgan fingerprint density at radius 2 is 2.07 bits per heavy atom. The second-order valence-corrected chi connectivity index (χ2v) is 3.10. The van der Waals surface area contributed by atoms with E-state index in [1.807, 2.05) is 0 Å². The minimum absolute atomic E-state index is 0.0149. The number of carbonyl (C=O) groups excluding carboxylic acids is 1. The molecule has 0 atom stereocenters. The van der Waals surface area contributed by atoms with Crippen LogP contribution in [0.1, 0.15) is 20.7 Å². The van der Waals surface area contributed by atoms with E-state index in [1.165, 1.54) is 18.2 Å². The van der Waals surface area contributed by atoms with Gasteiger partial charge in [-0.3, -0.25) is 0 Å². The van der Waals surface area contributed by atoms with Gasteiger partial charge < -0.3 is 8.93 Å². The van der Waals surface area contributed by atoms with Crippen molar-refractivity contribution in [3.8, 4) is 0 Å². The Bertz CT molecular complexity index is 391. The molecule has 1 rings (SSSR count). The van der Waals surface area contributed by atoms with Crippen molar-refractivity contribution < 1.29 is 18.5 Å². The smallest absolute Gasteiger partial charge is 0.351 e. The Morgan fingerprint density at radius 1 is 1.43 bits per heavy atom. The zero-order chi connectivity index (χ0) is 10.7. The van der Waals surface area contributed by atoms with Crippen LogP contribution in [0, 0.1) is 0 Å². The Balaban J connectivity index is 3.14. The second kappa shape index (κ2) is 4.43. The summed E-state index contributed by atoms with van der Waals surface area (Å²) in [6.45, 7) is 0. The van der Waals surface area contributed by atoms with Crippen LogP contribution in [0.2, 0.25) is 5.02 Å². The first-order chi connectivity index (χ1) is 6.56. The highest BCUT2D eigenvalue weighted by atomic mass is 79.9. The molecular formula is C8H4BrClO4. The third-order valence-corrected chi connectivity index (χ3v) is 2.11. The molecule has 0 spiro atoms. The Labute approximate surface area is 92.9 Å². The molecule has 1 aromatic rings. The number of carboxylic acids is 1. The first kappa shape index (κ1) is 11.0. The molecule has 0 aromatic heterocycles. The van der Waals surface area contributed by atoms with E-state index >= 15 is 0 Å². The molecule has 1 N–H and O–H groups in total. The van der Waals surface area contributed by atoms with E-state index < -0.39 is 11.9 Å². The molecule has 0 amide bonds. The molecule has 14 heavy (non-hydrogen) atoms. The highest BCUT2D eigenvalue weighted by molar-refractivity contribution is 9.06. The summed E-state index contributed by atoms with van der Waals surface area (Å²) in [5, 5.41) is 8.65. The van der Waals surface area contributed by atoms with Gasteiger partial charge in [-0.25, -0.2) is 9.59 Å². The fourth-order valence-electron chi connectivity index (χ4n) is 0.855. The third-order valence-electron chi connectivity index (χ3n) is 1.51. The first-order valence-electron chi connectivity index (χ1n) is 3.42. The van der Waals surface area contributed by atoms with Crippen molar-refractivity contribution in [3.63, 3.8) is 0 Å².